The first-order valence-electron chi connectivity index (χ1n) is 5.80. The molecule has 0 spiro atoms. The number of anilines is 1. The van der Waals surface area contributed by atoms with Crippen molar-refractivity contribution in [2.75, 3.05) is 5.73 Å². The van der Waals surface area contributed by atoms with Crippen LogP contribution in [0.15, 0.2) is 21.1 Å². The van der Waals surface area contributed by atoms with E-state index in [9.17, 15) is 0 Å². The molecule has 0 aliphatic carbocycles. The smallest absolute Gasteiger partial charge is 0.0494 e. The average Bonchev–Trinajstić information content (AvgIpc) is 2.23. The van der Waals surface area contributed by atoms with Gasteiger partial charge in [0.15, 0.2) is 0 Å². The predicted molar refractivity (Wildman–Crippen MR) is 78.8 cm³/mol. The average molecular weight is 349 g/mol. The first-order valence-corrected chi connectivity index (χ1v) is 7.39. The third-order valence-corrected chi connectivity index (χ3v) is 4.01. The molecule has 1 rings (SSSR count). The standard InChI is InChI=1S/C13H19Br2N/c1-3-4-5-6-9(2)11-7-10(14)8-12(15)13(11)16/h7-9H,3-6,16H2,1-2H3. The summed E-state index contributed by atoms with van der Waals surface area (Å²) >= 11 is 7.00. The Labute approximate surface area is 115 Å². The summed E-state index contributed by atoms with van der Waals surface area (Å²) in [5, 5.41) is 0. The van der Waals surface area contributed by atoms with E-state index < -0.39 is 0 Å². The lowest BCUT2D eigenvalue weighted by Gasteiger charge is -2.16. The number of hydrogen-bond donors (Lipinski definition) is 1. The quantitative estimate of drug-likeness (QED) is 0.553. The van der Waals surface area contributed by atoms with Gasteiger partial charge in [-0.2, -0.15) is 0 Å². The second-order valence-electron chi connectivity index (χ2n) is 4.29. The molecule has 0 saturated carbocycles. The first kappa shape index (κ1) is 14.0. The van der Waals surface area contributed by atoms with Crippen LogP contribution in [0.4, 0.5) is 5.69 Å². The van der Waals surface area contributed by atoms with Crippen LogP contribution in [0, 0.1) is 0 Å². The number of benzene rings is 1. The van der Waals surface area contributed by atoms with Gasteiger partial charge in [0, 0.05) is 14.6 Å². The fourth-order valence-corrected chi connectivity index (χ4v) is 3.13. The maximum atomic E-state index is 6.09. The molecule has 0 fully saturated rings. The Balaban J connectivity index is 2.78. The van der Waals surface area contributed by atoms with Crippen LogP contribution in [0.2, 0.25) is 0 Å². The van der Waals surface area contributed by atoms with Crippen molar-refractivity contribution in [3.05, 3.63) is 26.6 Å². The summed E-state index contributed by atoms with van der Waals surface area (Å²) in [5.74, 6) is 0.528. The van der Waals surface area contributed by atoms with Gasteiger partial charge in [-0.15, -0.1) is 0 Å². The van der Waals surface area contributed by atoms with E-state index in [1.807, 2.05) is 6.07 Å². The molecule has 1 aromatic carbocycles. The maximum Gasteiger partial charge on any atom is 0.0494 e. The fraction of sp³-hybridized carbons (Fsp3) is 0.538. The number of halogens is 2. The van der Waals surface area contributed by atoms with Crippen molar-refractivity contribution in [3.63, 3.8) is 0 Å². The van der Waals surface area contributed by atoms with Crippen LogP contribution < -0.4 is 5.73 Å². The molecule has 16 heavy (non-hydrogen) atoms. The van der Waals surface area contributed by atoms with E-state index in [1.165, 1.54) is 31.2 Å². The van der Waals surface area contributed by atoms with Crippen LogP contribution in [0.1, 0.15) is 51.0 Å². The van der Waals surface area contributed by atoms with Gasteiger partial charge in [-0.25, -0.2) is 0 Å². The molecule has 0 radical (unpaired) electrons. The van der Waals surface area contributed by atoms with E-state index >= 15 is 0 Å². The van der Waals surface area contributed by atoms with Gasteiger partial charge < -0.3 is 5.73 Å². The van der Waals surface area contributed by atoms with Gasteiger partial charge in [0.1, 0.15) is 0 Å². The first-order chi connectivity index (χ1) is 7.56. The fourth-order valence-electron chi connectivity index (χ4n) is 1.87. The lowest BCUT2D eigenvalue weighted by Crippen LogP contribution is -2.01. The summed E-state index contributed by atoms with van der Waals surface area (Å²) in [4.78, 5) is 0. The Bertz CT molecular complexity index is 350. The van der Waals surface area contributed by atoms with Gasteiger partial charge in [0.05, 0.1) is 0 Å². The number of hydrogen-bond acceptors (Lipinski definition) is 1. The Morgan fingerprint density at radius 2 is 1.94 bits per heavy atom. The lowest BCUT2D eigenvalue weighted by atomic mass is 9.94. The molecule has 1 unspecified atom stereocenters. The number of unbranched alkanes of at least 4 members (excludes halogenated alkanes) is 2. The summed E-state index contributed by atoms with van der Waals surface area (Å²) in [5.41, 5.74) is 8.22. The predicted octanol–water partition coefficient (Wildman–Crippen LogP) is 5.48. The van der Waals surface area contributed by atoms with Crippen LogP contribution >= 0.6 is 31.9 Å². The van der Waals surface area contributed by atoms with Crippen molar-refractivity contribution in [2.24, 2.45) is 0 Å². The number of nitrogen functional groups attached to an aromatic ring is 1. The van der Waals surface area contributed by atoms with Crippen LogP contribution in [0.3, 0.4) is 0 Å². The molecule has 1 nitrogen and oxygen atoms in total. The van der Waals surface area contributed by atoms with E-state index in [1.54, 1.807) is 0 Å². The third-order valence-electron chi connectivity index (χ3n) is 2.90. The molecule has 0 aromatic heterocycles. The largest absolute Gasteiger partial charge is 0.398 e. The van der Waals surface area contributed by atoms with Gasteiger partial charge in [-0.1, -0.05) is 49.0 Å². The lowest BCUT2D eigenvalue weighted by molar-refractivity contribution is 0.599. The zero-order chi connectivity index (χ0) is 12.1. The SMILES string of the molecule is CCCCCC(C)c1cc(Br)cc(Br)c1N. The molecule has 0 aliphatic heterocycles. The highest BCUT2D eigenvalue weighted by Gasteiger charge is 2.12. The minimum absolute atomic E-state index is 0.528. The third kappa shape index (κ3) is 3.77. The zero-order valence-corrected chi connectivity index (χ0v) is 13.1. The molecule has 90 valence electrons. The van der Waals surface area contributed by atoms with E-state index in [0.717, 1.165) is 14.6 Å². The van der Waals surface area contributed by atoms with Gasteiger partial charge >= 0.3 is 0 Å². The summed E-state index contributed by atoms with van der Waals surface area (Å²) in [6.45, 7) is 4.48. The summed E-state index contributed by atoms with van der Waals surface area (Å²) in [6, 6.07) is 4.13. The second kappa shape index (κ2) is 6.65. The molecule has 0 amide bonds. The molecule has 1 aromatic rings. The maximum absolute atomic E-state index is 6.09. The van der Waals surface area contributed by atoms with Gasteiger partial charge in [0.2, 0.25) is 0 Å². The van der Waals surface area contributed by atoms with Crippen LogP contribution in [0.5, 0.6) is 0 Å². The van der Waals surface area contributed by atoms with Crippen LogP contribution in [-0.2, 0) is 0 Å². The topological polar surface area (TPSA) is 26.0 Å². The molecule has 0 bridgehead atoms. The molecular weight excluding hydrogens is 330 g/mol. The molecule has 0 heterocycles. The van der Waals surface area contributed by atoms with Crippen molar-refractivity contribution in [1.29, 1.82) is 0 Å². The highest BCUT2D eigenvalue weighted by Crippen LogP contribution is 2.34. The molecule has 3 heteroatoms. The Morgan fingerprint density at radius 1 is 1.25 bits per heavy atom. The van der Waals surface area contributed by atoms with E-state index in [4.69, 9.17) is 5.73 Å². The zero-order valence-electron chi connectivity index (χ0n) is 9.89. The number of rotatable bonds is 5. The monoisotopic (exact) mass is 347 g/mol. The van der Waals surface area contributed by atoms with E-state index in [0.29, 0.717) is 5.92 Å². The van der Waals surface area contributed by atoms with E-state index in [-0.39, 0.29) is 0 Å². The Hall–Kier alpha value is -0.0200. The second-order valence-corrected chi connectivity index (χ2v) is 6.06. The van der Waals surface area contributed by atoms with Crippen molar-refractivity contribution < 1.29 is 0 Å². The molecular formula is C13H19Br2N. The minimum atomic E-state index is 0.528. The summed E-state index contributed by atoms with van der Waals surface area (Å²) < 4.78 is 2.07. The minimum Gasteiger partial charge on any atom is -0.398 e. The normalized spacial score (nSPS) is 12.8. The van der Waals surface area contributed by atoms with Crippen molar-refractivity contribution in [3.8, 4) is 0 Å². The summed E-state index contributed by atoms with van der Waals surface area (Å²) in [6.07, 6.45) is 5.06. The Morgan fingerprint density at radius 3 is 2.56 bits per heavy atom. The molecule has 1 atom stereocenters. The summed E-state index contributed by atoms with van der Waals surface area (Å²) in [7, 11) is 0. The Kier molecular flexibility index (Phi) is 5.84. The van der Waals surface area contributed by atoms with Crippen molar-refractivity contribution >= 4 is 37.5 Å². The molecule has 2 N–H and O–H groups in total. The van der Waals surface area contributed by atoms with E-state index in [2.05, 4.69) is 51.8 Å². The van der Waals surface area contributed by atoms with Crippen molar-refractivity contribution in [1.82, 2.24) is 0 Å². The van der Waals surface area contributed by atoms with Crippen LogP contribution in [-0.4, -0.2) is 0 Å². The molecule has 0 saturated heterocycles. The van der Waals surface area contributed by atoms with Crippen LogP contribution in [0.25, 0.3) is 0 Å². The van der Waals surface area contributed by atoms with Gasteiger partial charge in [-0.05, 0) is 46.0 Å². The van der Waals surface area contributed by atoms with Gasteiger partial charge in [0.25, 0.3) is 0 Å². The molecule has 0 aliphatic rings. The highest BCUT2D eigenvalue weighted by molar-refractivity contribution is 9.11. The van der Waals surface area contributed by atoms with Gasteiger partial charge in [-0.3, -0.25) is 0 Å². The van der Waals surface area contributed by atoms with Crippen molar-refractivity contribution in [2.45, 2.75) is 45.4 Å². The highest BCUT2D eigenvalue weighted by atomic mass is 79.9. The number of nitrogens with two attached hydrogens (primary N) is 1.